The number of imidazole rings is 1. The third kappa shape index (κ3) is 3.74. The summed E-state index contributed by atoms with van der Waals surface area (Å²) in [5.41, 5.74) is 1.92. The molecule has 0 atom stereocenters. The summed E-state index contributed by atoms with van der Waals surface area (Å²) in [5, 5.41) is 13.7. The van der Waals surface area contributed by atoms with E-state index in [1.807, 2.05) is 0 Å². The Balaban J connectivity index is 1.69. The van der Waals surface area contributed by atoms with E-state index in [0.717, 1.165) is 6.07 Å². The van der Waals surface area contributed by atoms with E-state index in [4.69, 9.17) is 44.4 Å². The maximum Gasteiger partial charge on any atom is 0.303 e. The number of carboxylic acid groups (broad SMARTS) is 1. The predicted molar refractivity (Wildman–Crippen MR) is 110 cm³/mol. The molecule has 3 heterocycles. The van der Waals surface area contributed by atoms with Gasteiger partial charge in [-0.2, -0.15) is 4.98 Å². The molecule has 4 aromatic rings. The van der Waals surface area contributed by atoms with Crippen LogP contribution >= 0.6 is 34.8 Å². The van der Waals surface area contributed by atoms with Gasteiger partial charge in [-0.05, 0) is 36.6 Å². The number of aromatic nitrogens is 4. The second kappa shape index (κ2) is 7.86. The second-order valence-electron chi connectivity index (χ2n) is 6.51. The number of hydrogen-bond donors (Lipinski definition) is 1. The van der Waals surface area contributed by atoms with Crippen LogP contribution in [0.1, 0.15) is 17.5 Å². The molecule has 30 heavy (non-hydrogen) atoms. The lowest BCUT2D eigenvalue weighted by Gasteiger charge is -2.05. The van der Waals surface area contributed by atoms with Gasteiger partial charge < -0.3 is 14.0 Å². The topological polar surface area (TPSA) is 93.5 Å². The third-order valence-electron chi connectivity index (χ3n) is 4.50. The number of aryl methyl sites for hydroxylation is 1. The van der Waals surface area contributed by atoms with Crippen LogP contribution < -0.4 is 0 Å². The van der Waals surface area contributed by atoms with E-state index in [2.05, 4.69) is 15.1 Å². The van der Waals surface area contributed by atoms with Gasteiger partial charge in [0.25, 0.3) is 5.89 Å². The van der Waals surface area contributed by atoms with Crippen molar-refractivity contribution >= 4 is 46.4 Å². The number of carbonyl (C=O) groups is 1. The van der Waals surface area contributed by atoms with Gasteiger partial charge in [0.15, 0.2) is 5.65 Å². The summed E-state index contributed by atoms with van der Waals surface area (Å²) >= 11 is 18.7. The summed E-state index contributed by atoms with van der Waals surface area (Å²) in [7, 11) is 0. The Kier molecular flexibility index (Phi) is 5.40. The van der Waals surface area contributed by atoms with Crippen LogP contribution in [0.15, 0.2) is 29.0 Å². The van der Waals surface area contributed by atoms with Crippen molar-refractivity contribution in [3.8, 4) is 23.0 Å². The molecule has 0 fully saturated rings. The molecule has 0 unspecified atom stereocenters. The largest absolute Gasteiger partial charge is 0.481 e. The first-order valence-electron chi connectivity index (χ1n) is 8.62. The number of rotatable bonds is 5. The van der Waals surface area contributed by atoms with Crippen molar-refractivity contribution in [2.45, 2.75) is 19.8 Å². The highest BCUT2D eigenvalue weighted by atomic mass is 35.5. The predicted octanol–water partition coefficient (Wildman–Crippen LogP) is 5.48. The van der Waals surface area contributed by atoms with Crippen LogP contribution in [0.5, 0.6) is 0 Å². The lowest BCUT2D eigenvalue weighted by Crippen LogP contribution is -2.00. The van der Waals surface area contributed by atoms with Crippen molar-refractivity contribution in [3.63, 3.8) is 0 Å². The molecule has 0 aliphatic rings. The van der Waals surface area contributed by atoms with Gasteiger partial charge in [0.05, 0.1) is 15.1 Å². The molecular formula is C19H12Cl3FN4O3. The van der Waals surface area contributed by atoms with E-state index in [9.17, 15) is 9.18 Å². The number of carboxylic acids is 1. The number of pyridine rings is 1. The maximum atomic E-state index is 14.4. The highest BCUT2D eigenvalue weighted by Crippen LogP contribution is 2.32. The molecule has 0 amide bonds. The van der Waals surface area contributed by atoms with E-state index >= 15 is 0 Å². The van der Waals surface area contributed by atoms with Crippen LogP contribution in [0.2, 0.25) is 15.1 Å². The molecule has 3 aromatic heterocycles. The summed E-state index contributed by atoms with van der Waals surface area (Å²) in [6.07, 6.45) is 3.09. The molecule has 0 saturated heterocycles. The number of nitrogens with zero attached hydrogens (tertiary/aromatic N) is 4. The number of hydrogen-bond acceptors (Lipinski definition) is 5. The Labute approximate surface area is 184 Å². The Hall–Kier alpha value is -2.68. The highest BCUT2D eigenvalue weighted by Gasteiger charge is 2.19. The zero-order chi connectivity index (χ0) is 21.6. The highest BCUT2D eigenvalue weighted by molar-refractivity contribution is 6.37. The molecule has 7 nitrogen and oxygen atoms in total. The molecule has 0 aliphatic heterocycles. The second-order valence-corrected chi connectivity index (χ2v) is 7.71. The summed E-state index contributed by atoms with van der Waals surface area (Å²) in [6.45, 7) is 1.78. The van der Waals surface area contributed by atoms with Crippen LogP contribution in [-0.4, -0.2) is 30.6 Å². The monoisotopic (exact) mass is 468 g/mol. The first-order valence-corrected chi connectivity index (χ1v) is 9.75. The fourth-order valence-electron chi connectivity index (χ4n) is 2.88. The number of fused-ring (bicyclic) bond motifs is 1. The molecule has 1 aromatic carbocycles. The Morgan fingerprint density at radius 2 is 1.97 bits per heavy atom. The van der Waals surface area contributed by atoms with Crippen molar-refractivity contribution in [2.24, 2.45) is 0 Å². The molecule has 1 N–H and O–H groups in total. The first kappa shape index (κ1) is 20.6. The third-order valence-corrected chi connectivity index (χ3v) is 5.65. The molecule has 0 aliphatic carbocycles. The van der Waals surface area contributed by atoms with Crippen molar-refractivity contribution < 1.29 is 18.8 Å². The number of benzene rings is 1. The van der Waals surface area contributed by atoms with Gasteiger partial charge in [-0.25, -0.2) is 9.37 Å². The zero-order valence-electron chi connectivity index (χ0n) is 15.3. The van der Waals surface area contributed by atoms with Gasteiger partial charge in [-0.1, -0.05) is 40.0 Å². The molecule has 4 rings (SSSR count). The molecule has 0 bridgehead atoms. The van der Waals surface area contributed by atoms with Gasteiger partial charge in [0.1, 0.15) is 11.5 Å². The average molecular weight is 470 g/mol. The van der Waals surface area contributed by atoms with Gasteiger partial charge in [-0.15, -0.1) is 0 Å². The van der Waals surface area contributed by atoms with Crippen LogP contribution in [0.25, 0.3) is 28.6 Å². The Morgan fingerprint density at radius 1 is 1.20 bits per heavy atom. The molecule has 0 spiro atoms. The Bertz CT molecular complexity index is 1300. The maximum absolute atomic E-state index is 14.4. The normalized spacial score (nSPS) is 11.4. The molecule has 11 heteroatoms. The zero-order valence-corrected chi connectivity index (χ0v) is 17.6. The first-order chi connectivity index (χ1) is 14.2. The van der Waals surface area contributed by atoms with Gasteiger partial charge in [0, 0.05) is 24.4 Å². The summed E-state index contributed by atoms with van der Waals surface area (Å²) in [5.74, 6) is -1.48. The van der Waals surface area contributed by atoms with Crippen LogP contribution in [0.3, 0.4) is 0 Å². The fourth-order valence-corrected chi connectivity index (χ4v) is 3.64. The van der Waals surface area contributed by atoms with Crippen molar-refractivity contribution in [1.29, 1.82) is 0 Å². The van der Waals surface area contributed by atoms with Gasteiger partial charge in [0.2, 0.25) is 5.82 Å². The smallest absolute Gasteiger partial charge is 0.303 e. The minimum Gasteiger partial charge on any atom is -0.481 e. The van der Waals surface area contributed by atoms with Gasteiger partial charge >= 0.3 is 5.97 Å². The van der Waals surface area contributed by atoms with Crippen LogP contribution in [-0.2, 0) is 11.2 Å². The van der Waals surface area contributed by atoms with Crippen molar-refractivity contribution in [3.05, 3.63) is 56.5 Å². The van der Waals surface area contributed by atoms with E-state index in [1.54, 1.807) is 23.7 Å². The van der Waals surface area contributed by atoms with Crippen LogP contribution in [0, 0.1) is 12.7 Å². The van der Waals surface area contributed by atoms with E-state index in [0.29, 0.717) is 26.9 Å². The minimum absolute atomic E-state index is 0.0165. The summed E-state index contributed by atoms with van der Waals surface area (Å²) in [4.78, 5) is 19.4. The molecule has 0 saturated carbocycles. The SMILES string of the molecule is Cc1c(Cl)cn2cc(-c3nc(-c4cc(F)c(CCC(=O)O)cc4Cl)no3)nc2c1Cl. The molecular weight excluding hydrogens is 458 g/mol. The summed E-state index contributed by atoms with van der Waals surface area (Å²) < 4.78 is 21.3. The number of aliphatic carboxylic acids is 1. The standard InChI is InChI=1S/C19H12Cl3FN4O3/c1-8-12(21)6-27-7-14(24-18(27)16(8)22)19-25-17(26-30-19)10-5-13(23)9(4-11(10)20)2-3-15(28)29/h4-7H,2-3H2,1H3,(H,28,29). The number of halogens is 4. The van der Waals surface area contributed by atoms with Crippen molar-refractivity contribution in [1.82, 2.24) is 19.5 Å². The van der Waals surface area contributed by atoms with E-state index in [1.165, 1.54) is 6.07 Å². The lowest BCUT2D eigenvalue weighted by molar-refractivity contribution is -0.136. The fraction of sp³-hybridized carbons (Fsp3) is 0.158. The summed E-state index contributed by atoms with van der Waals surface area (Å²) in [6, 6.07) is 2.51. The molecule has 154 valence electrons. The Morgan fingerprint density at radius 3 is 2.70 bits per heavy atom. The average Bonchev–Trinajstić information content (AvgIpc) is 3.33. The van der Waals surface area contributed by atoms with E-state index in [-0.39, 0.29) is 40.7 Å². The quantitative estimate of drug-likeness (QED) is 0.416. The van der Waals surface area contributed by atoms with Crippen molar-refractivity contribution in [2.75, 3.05) is 0 Å². The van der Waals surface area contributed by atoms with Crippen LogP contribution in [0.4, 0.5) is 4.39 Å². The molecule has 0 radical (unpaired) electrons. The van der Waals surface area contributed by atoms with Gasteiger partial charge in [-0.3, -0.25) is 4.79 Å². The lowest BCUT2D eigenvalue weighted by atomic mass is 10.1. The van der Waals surface area contributed by atoms with E-state index < -0.39 is 11.8 Å². The minimum atomic E-state index is -1.03.